The minimum absolute atomic E-state index is 0.145. The van der Waals surface area contributed by atoms with Gasteiger partial charge in [0.15, 0.2) is 15.7 Å². The number of hydrogen-bond acceptors (Lipinski definition) is 6. The van der Waals surface area contributed by atoms with Crippen LogP contribution in [0.2, 0.25) is 10.0 Å². The first-order chi connectivity index (χ1) is 8.80. The molecular weight excluding hydrogens is 329 g/mol. The number of hydrogen-bond donors (Lipinski definition) is 1. The van der Waals surface area contributed by atoms with Crippen LogP contribution >= 0.6 is 35.0 Å². The fourth-order valence-corrected chi connectivity index (χ4v) is 5.14. The number of nitrogens with zero attached hydrogens (tertiary/aromatic N) is 2. The number of pyridine rings is 1. The molecule has 0 bridgehead atoms. The first-order valence-corrected chi connectivity index (χ1v) is 9.32. The molecule has 1 aliphatic rings. The SMILES string of the molecule is CS(=O)(=O)C1CSCCN1c1nc(N)c(Cl)cc1Cl. The van der Waals surface area contributed by atoms with Crippen molar-refractivity contribution in [1.82, 2.24) is 4.98 Å². The number of anilines is 2. The van der Waals surface area contributed by atoms with E-state index in [4.69, 9.17) is 28.9 Å². The van der Waals surface area contributed by atoms with E-state index < -0.39 is 15.2 Å². The lowest BCUT2D eigenvalue weighted by Gasteiger charge is -2.35. The number of nitrogen functional groups attached to an aromatic ring is 1. The normalized spacial score (nSPS) is 20.6. The van der Waals surface area contributed by atoms with Crippen LogP contribution in [-0.4, -0.2) is 43.1 Å². The molecule has 1 saturated heterocycles. The summed E-state index contributed by atoms with van der Waals surface area (Å²) in [5, 5.41) is -0.0763. The van der Waals surface area contributed by atoms with Gasteiger partial charge in [-0.1, -0.05) is 23.2 Å². The molecule has 2 heterocycles. The third-order valence-corrected chi connectivity index (χ3v) is 6.01. The summed E-state index contributed by atoms with van der Waals surface area (Å²) < 4.78 is 23.7. The van der Waals surface area contributed by atoms with Crippen LogP contribution in [0.25, 0.3) is 0 Å². The Hall–Kier alpha value is -0.370. The van der Waals surface area contributed by atoms with E-state index in [9.17, 15) is 8.42 Å². The van der Waals surface area contributed by atoms with Gasteiger partial charge in [0.2, 0.25) is 0 Å². The third kappa shape index (κ3) is 3.21. The molecule has 0 aromatic carbocycles. The highest BCUT2D eigenvalue weighted by molar-refractivity contribution is 8.01. The molecule has 9 heteroatoms. The molecule has 1 unspecified atom stereocenters. The largest absolute Gasteiger partial charge is 0.382 e. The number of thioether (sulfide) groups is 1. The Labute approximate surface area is 126 Å². The molecule has 2 rings (SSSR count). The predicted octanol–water partition coefficient (Wildman–Crippen LogP) is 1.89. The lowest BCUT2D eigenvalue weighted by atomic mass is 10.4. The van der Waals surface area contributed by atoms with Crippen molar-refractivity contribution >= 4 is 56.4 Å². The summed E-state index contributed by atoms with van der Waals surface area (Å²) in [4.78, 5) is 5.81. The number of aromatic nitrogens is 1. The maximum absolute atomic E-state index is 11.9. The summed E-state index contributed by atoms with van der Waals surface area (Å²) in [6, 6.07) is 1.49. The Morgan fingerprint density at radius 2 is 2.16 bits per heavy atom. The molecule has 0 spiro atoms. The Kier molecular flexibility index (Phi) is 4.39. The molecule has 2 N–H and O–H groups in total. The fourth-order valence-electron chi connectivity index (χ4n) is 1.85. The van der Waals surface area contributed by atoms with E-state index >= 15 is 0 Å². The minimum atomic E-state index is -3.23. The topological polar surface area (TPSA) is 76.3 Å². The van der Waals surface area contributed by atoms with Gasteiger partial charge in [-0.15, -0.1) is 0 Å². The van der Waals surface area contributed by atoms with E-state index in [0.717, 1.165) is 5.75 Å². The Balaban J connectivity index is 2.46. The monoisotopic (exact) mass is 341 g/mol. The van der Waals surface area contributed by atoms with Crippen molar-refractivity contribution in [2.75, 3.05) is 34.9 Å². The van der Waals surface area contributed by atoms with Gasteiger partial charge in [0.1, 0.15) is 11.2 Å². The number of halogens is 2. The molecule has 106 valence electrons. The summed E-state index contributed by atoms with van der Waals surface area (Å²) in [5.41, 5.74) is 5.67. The summed E-state index contributed by atoms with van der Waals surface area (Å²) >= 11 is 13.5. The van der Waals surface area contributed by atoms with E-state index in [0.29, 0.717) is 23.1 Å². The van der Waals surface area contributed by atoms with Crippen molar-refractivity contribution < 1.29 is 8.42 Å². The van der Waals surface area contributed by atoms with Crippen LogP contribution in [-0.2, 0) is 9.84 Å². The zero-order valence-electron chi connectivity index (χ0n) is 10.1. The average molecular weight is 342 g/mol. The van der Waals surface area contributed by atoms with Crippen LogP contribution in [0.1, 0.15) is 0 Å². The summed E-state index contributed by atoms with van der Waals surface area (Å²) in [6.07, 6.45) is 1.21. The molecule has 0 aliphatic carbocycles. The molecule has 1 atom stereocenters. The van der Waals surface area contributed by atoms with Gasteiger partial charge in [-0.3, -0.25) is 0 Å². The molecular formula is C10H13Cl2N3O2S2. The third-order valence-electron chi connectivity index (χ3n) is 2.79. The molecule has 5 nitrogen and oxygen atoms in total. The lowest BCUT2D eigenvalue weighted by Crippen LogP contribution is -2.47. The highest BCUT2D eigenvalue weighted by Gasteiger charge is 2.33. The first-order valence-electron chi connectivity index (χ1n) is 5.45. The van der Waals surface area contributed by atoms with Crippen molar-refractivity contribution in [3.63, 3.8) is 0 Å². The van der Waals surface area contributed by atoms with Crippen LogP contribution in [0.3, 0.4) is 0 Å². The fraction of sp³-hybridized carbons (Fsp3) is 0.500. The van der Waals surface area contributed by atoms with Gasteiger partial charge in [-0.05, 0) is 6.07 Å². The van der Waals surface area contributed by atoms with E-state index in [1.54, 1.807) is 16.7 Å². The first kappa shape index (κ1) is 15.0. The van der Waals surface area contributed by atoms with Gasteiger partial charge in [0.05, 0.1) is 10.0 Å². The van der Waals surface area contributed by atoms with E-state index in [1.165, 1.54) is 12.3 Å². The van der Waals surface area contributed by atoms with Crippen molar-refractivity contribution in [1.29, 1.82) is 0 Å². The van der Waals surface area contributed by atoms with Gasteiger partial charge in [-0.25, -0.2) is 13.4 Å². The summed E-state index contributed by atoms with van der Waals surface area (Å²) in [7, 11) is -3.23. The van der Waals surface area contributed by atoms with Crippen LogP contribution in [0, 0.1) is 0 Å². The van der Waals surface area contributed by atoms with Crippen molar-refractivity contribution in [2.24, 2.45) is 0 Å². The predicted molar refractivity (Wildman–Crippen MR) is 82.0 cm³/mol. The van der Waals surface area contributed by atoms with Gasteiger partial charge in [0.25, 0.3) is 0 Å². The smallest absolute Gasteiger partial charge is 0.169 e. The van der Waals surface area contributed by atoms with Crippen LogP contribution in [0.5, 0.6) is 0 Å². The second kappa shape index (κ2) is 5.55. The maximum Gasteiger partial charge on any atom is 0.169 e. The van der Waals surface area contributed by atoms with Gasteiger partial charge in [-0.2, -0.15) is 11.8 Å². The molecule has 1 aromatic heterocycles. The van der Waals surface area contributed by atoms with Crippen molar-refractivity contribution in [2.45, 2.75) is 5.37 Å². The molecule has 0 radical (unpaired) electrons. The molecule has 1 aliphatic heterocycles. The van der Waals surface area contributed by atoms with E-state index in [-0.39, 0.29) is 10.8 Å². The molecule has 0 saturated carbocycles. The zero-order chi connectivity index (χ0) is 14.2. The highest BCUT2D eigenvalue weighted by Crippen LogP contribution is 2.34. The molecule has 19 heavy (non-hydrogen) atoms. The summed E-state index contributed by atoms with van der Waals surface area (Å²) in [6.45, 7) is 0.552. The van der Waals surface area contributed by atoms with Crippen LogP contribution < -0.4 is 10.6 Å². The van der Waals surface area contributed by atoms with Gasteiger partial charge < -0.3 is 10.6 Å². The van der Waals surface area contributed by atoms with Crippen LogP contribution in [0.4, 0.5) is 11.6 Å². The van der Waals surface area contributed by atoms with Crippen molar-refractivity contribution in [3.05, 3.63) is 16.1 Å². The standard InChI is InChI=1S/C10H13Cl2N3O2S2/c1-19(16,17)8-5-18-3-2-15(8)10-7(12)4-6(11)9(13)14-10/h4,8H,2-3,5H2,1H3,(H2,13,14). The highest BCUT2D eigenvalue weighted by atomic mass is 35.5. The Bertz CT molecular complexity index is 595. The quantitative estimate of drug-likeness (QED) is 0.885. The van der Waals surface area contributed by atoms with Gasteiger partial charge in [0, 0.05) is 24.3 Å². The number of sulfone groups is 1. The second-order valence-corrected chi connectivity index (χ2v) is 8.38. The Morgan fingerprint density at radius 1 is 1.47 bits per heavy atom. The molecule has 0 amide bonds. The van der Waals surface area contributed by atoms with E-state index in [1.807, 2.05) is 0 Å². The lowest BCUT2D eigenvalue weighted by molar-refractivity contribution is 0.584. The van der Waals surface area contributed by atoms with E-state index in [2.05, 4.69) is 4.98 Å². The molecule has 1 fully saturated rings. The Morgan fingerprint density at radius 3 is 2.79 bits per heavy atom. The molecule has 1 aromatic rings. The minimum Gasteiger partial charge on any atom is -0.382 e. The number of rotatable bonds is 2. The van der Waals surface area contributed by atoms with Crippen LogP contribution in [0.15, 0.2) is 6.07 Å². The van der Waals surface area contributed by atoms with Gasteiger partial charge >= 0.3 is 0 Å². The average Bonchev–Trinajstić information content (AvgIpc) is 2.33. The zero-order valence-corrected chi connectivity index (χ0v) is 13.3. The van der Waals surface area contributed by atoms with Crippen molar-refractivity contribution in [3.8, 4) is 0 Å². The maximum atomic E-state index is 11.9. The second-order valence-electron chi connectivity index (χ2n) is 4.21. The number of nitrogens with two attached hydrogens (primary N) is 1. The summed E-state index contributed by atoms with van der Waals surface area (Å²) in [5.74, 6) is 1.82.